The van der Waals surface area contributed by atoms with Crippen LogP contribution in [0, 0.1) is 6.92 Å². The number of hydrogen-bond donors (Lipinski definition) is 2. The quantitative estimate of drug-likeness (QED) is 0.692. The Hall–Kier alpha value is -0.500. The van der Waals surface area contributed by atoms with Gasteiger partial charge in [0.2, 0.25) is 10.0 Å². The third-order valence-corrected chi connectivity index (χ3v) is 4.50. The number of hydrogen-bond acceptors (Lipinski definition) is 5. The van der Waals surface area contributed by atoms with E-state index in [-0.39, 0.29) is 5.75 Å². The number of nitrogens with zero attached hydrogens (tertiary/aromatic N) is 1. The summed E-state index contributed by atoms with van der Waals surface area (Å²) in [4.78, 5) is 4.20. The van der Waals surface area contributed by atoms with Crippen LogP contribution in [0.2, 0.25) is 0 Å². The van der Waals surface area contributed by atoms with E-state index in [0.717, 1.165) is 23.8 Å². The molecule has 5 nitrogen and oxygen atoms in total. The van der Waals surface area contributed by atoms with E-state index in [1.165, 1.54) is 11.3 Å². The predicted octanol–water partition coefficient (Wildman–Crippen LogP) is 0.871. The SMILES string of the molecule is CCNCCCS(=O)(=O)NCc1nc(C)cs1. The van der Waals surface area contributed by atoms with Gasteiger partial charge in [-0.15, -0.1) is 11.3 Å². The van der Waals surface area contributed by atoms with Crippen LogP contribution in [0.5, 0.6) is 0 Å². The number of aromatic nitrogens is 1. The van der Waals surface area contributed by atoms with E-state index in [2.05, 4.69) is 15.0 Å². The van der Waals surface area contributed by atoms with E-state index in [1.54, 1.807) is 0 Å². The van der Waals surface area contributed by atoms with Gasteiger partial charge < -0.3 is 5.32 Å². The summed E-state index contributed by atoms with van der Waals surface area (Å²) in [5.74, 6) is 0.157. The lowest BCUT2D eigenvalue weighted by molar-refractivity contribution is 0.575. The molecule has 0 radical (unpaired) electrons. The van der Waals surface area contributed by atoms with Crippen molar-refractivity contribution in [2.45, 2.75) is 26.8 Å². The Morgan fingerprint density at radius 3 is 2.82 bits per heavy atom. The molecular formula is C10H19N3O2S2. The van der Waals surface area contributed by atoms with E-state index in [0.29, 0.717) is 13.0 Å². The summed E-state index contributed by atoms with van der Waals surface area (Å²) < 4.78 is 25.8. The van der Waals surface area contributed by atoms with E-state index < -0.39 is 10.0 Å². The number of rotatable bonds is 8. The third kappa shape index (κ3) is 6.11. The molecule has 0 aliphatic carbocycles. The molecule has 1 aromatic rings. The molecule has 0 unspecified atom stereocenters. The molecule has 0 saturated heterocycles. The Labute approximate surface area is 107 Å². The molecule has 0 atom stereocenters. The van der Waals surface area contributed by atoms with Gasteiger partial charge in [-0.3, -0.25) is 0 Å². The third-order valence-electron chi connectivity index (χ3n) is 2.13. The molecule has 1 heterocycles. The maximum Gasteiger partial charge on any atom is 0.212 e. The summed E-state index contributed by atoms with van der Waals surface area (Å²) in [7, 11) is -3.17. The summed E-state index contributed by atoms with van der Waals surface area (Å²) in [6, 6.07) is 0. The van der Waals surface area contributed by atoms with Crippen molar-refractivity contribution < 1.29 is 8.42 Å². The molecule has 0 saturated carbocycles. The monoisotopic (exact) mass is 277 g/mol. The van der Waals surface area contributed by atoms with Crippen LogP contribution in [0.4, 0.5) is 0 Å². The maximum absolute atomic E-state index is 11.6. The highest BCUT2D eigenvalue weighted by Crippen LogP contribution is 2.08. The highest BCUT2D eigenvalue weighted by molar-refractivity contribution is 7.89. The van der Waals surface area contributed by atoms with E-state index >= 15 is 0 Å². The highest BCUT2D eigenvalue weighted by Gasteiger charge is 2.10. The normalized spacial score (nSPS) is 11.9. The van der Waals surface area contributed by atoms with Gasteiger partial charge in [0.05, 0.1) is 12.3 Å². The van der Waals surface area contributed by atoms with Crippen molar-refractivity contribution in [3.63, 3.8) is 0 Å². The standard InChI is InChI=1S/C10H19N3O2S2/c1-3-11-5-4-6-17(14,15)12-7-10-13-9(2)8-16-10/h8,11-12H,3-7H2,1-2H3. The zero-order chi connectivity index (χ0) is 12.7. The van der Waals surface area contributed by atoms with Gasteiger partial charge >= 0.3 is 0 Å². The second-order valence-corrected chi connectivity index (χ2v) is 6.60. The minimum atomic E-state index is -3.17. The summed E-state index contributed by atoms with van der Waals surface area (Å²) in [5.41, 5.74) is 0.927. The minimum Gasteiger partial charge on any atom is -0.317 e. The molecule has 98 valence electrons. The lowest BCUT2D eigenvalue weighted by atomic mass is 10.5. The molecule has 0 aromatic carbocycles. The Morgan fingerprint density at radius 2 is 2.24 bits per heavy atom. The number of sulfonamides is 1. The van der Waals surface area contributed by atoms with Gasteiger partial charge in [0.25, 0.3) is 0 Å². The van der Waals surface area contributed by atoms with Crippen molar-refractivity contribution in [2.75, 3.05) is 18.8 Å². The zero-order valence-corrected chi connectivity index (χ0v) is 11.8. The second-order valence-electron chi connectivity index (χ2n) is 3.73. The highest BCUT2D eigenvalue weighted by atomic mass is 32.2. The summed E-state index contributed by atoms with van der Waals surface area (Å²) in [5, 5.41) is 5.81. The minimum absolute atomic E-state index is 0.157. The molecular weight excluding hydrogens is 258 g/mol. The number of thiazole rings is 1. The Balaban J connectivity index is 2.29. The van der Waals surface area contributed by atoms with Crippen LogP contribution in [0.1, 0.15) is 24.0 Å². The largest absolute Gasteiger partial charge is 0.317 e. The molecule has 17 heavy (non-hydrogen) atoms. The molecule has 0 fully saturated rings. The maximum atomic E-state index is 11.6. The molecule has 0 bridgehead atoms. The van der Waals surface area contributed by atoms with Gasteiger partial charge in [-0.1, -0.05) is 6.92 Å². The molecule has 0 amide bonds. The Morgan fingerprint density at radius 1 is 1.47 bits per heavy atom. The van der Waals surface area contributed by atoms with Crippen molar-refractivity contribution in [3.8, 4) is 0 Å². The van der Waals surface area contributed by atoms with Crippen molar-refractivity contribution in [3.05, 3.63) is 16.1 Å². The fraction of sp³-hybridized carbons (Fsp3) is 0.700. The van der Waals surface area contributed by atoms with Crippen LogP contribution in [0.25, 0.3) is 0 Å². The lowest BCUT2D eigenvalue weighted by Crippen LogP contribution is -2.28. The second kappa shape index (κ2) is 7.05. The van der Waals surface area contributed by atoms with Crippen LogP contribution in [-0.2, 0) is 16.6 Å². The molecule has 0 spiro atoms. The van der Waals surface area contributed by atoms with Gasteiger partial charge in [-0.25, -0.2) is 18.1 Å². The van der Waals surface area contributed by atoms with Gasteiger partial charge in [0.15, 0.2) is 0 Å². The average molecular weight is 277 g/mol. The molecule has 1 rings (SSSR count). The zero-order valence-electron chi connectivity index (χ0n) is 10.2. The van der Waals surface area contributed by atoms with Gasteiger partial charge in [0, 0.05) is 11.1 Å². The first-order valence-corrected chi connectivity index (χ1v) is 8.16. The fourth-order valence-corrected chi connectivity index (χ4v) is 3.12. The Kier molecular flexibility index (Phi) is 6.04. The van der Waals surface area contributed by atoms with Crippen molar-refractivity contribution in [1.29, 1.82) is 0 Å². The van der Waals surface area contributed by atoms with Gasteiger partial charge in [-0.05, 0) is 26.4 Å². The topological polar surface area (TPSA) is 71.1 Å². The first-order valence-electron chi connectivity index (χ1n) is 5.62. The van der Waals surface area contributed by atoms with Crippen LogP contribution in [-0.4, -0.2) is 32.2 Å². The van der Waals surface area contributed by atoms with Crippen molar-refractivity contribution in [2.24, 2.45) is 0 Å². The van der Waals surface area contributed by atoms with E-state index in [9.17, 15) is 8.42 Å². The van der Waals surface area contributed by atoms with Crippen molar-refractivity contribution in [1.82, 2.24) is 15.0 Å². The van der Waals surface area contributed by atoms with Crippen LogP contribution < -0.4 is 10.0 Å². The van der Waals surface area contributed by atoms with Crippen LogP contribution in [0.3, 0.4) is 0 Å². The molecule has 2 N–H and O–H groups in total. The molecule has 1 aromatic heterocycles. The average Bonchev–Trinajstić information content (AvgIpc) is 2.68. The van der Waals surface area contributed by atoms with Crippen LogP contribution >= 0.6 is 11.3 Å². The number of aryl methyl sites for hydroxylation is 1. The van der Waals surface area contributed by atoms with Gasteiger partial charge in [0.1, 0.15) is 5.01 Å². The van der Waals surface area contributed by atoms with E-state index in [1.807, 2.05) is 19.2 Å². The first-order chi connectivity index (χ1) is 8.03. The fourth-order valence-electron chi connectivity index (χ4n) is 1.29. The molecule has 0 aliphatic rings. The van der Waals surface area contributed by atoms with E-state index in [4.69, 9.17) is 0 Å². The summed E-state index contributed by atoms with van der Waals surface area (Å²) >= 11 is 1.47. The van der Waals surface area contributed by atoms with Gasteiger partial charge in [-0.2, -0.15) is 0 Å². The first kappa shape index (κ1) is 14.6. The van der Waals surface area contributed by atoms with Crippen LogP contribution in [0.15, 0.2) is 5.38 Å². The Bertz CT molecular complexity index is 429. The predicted molar refractivity (Wildman–Crippen MR) is 70.6 cm³/mol. The lowest BCUT2D eigenvalue weighted by Gasteiger charge is -2.05. The van der Waals surface area contributed by atoms with Crippen molar-refractivity contribution >= 4 is 21.4 Å². The molecule has 7 heteroatoms. The molecule has 0 aliphatic heterocycles. The smallest absolute Gasteiger partial charge is 0.212 e. The summed E-state index contributed by atoms with van der Waals surface area (Å²) in [6.45, 7) is 5.78. The summed E-state index contributed by atoms with van der Waals surface area (Å²) in [6.07, 6.45) is 0.625. The number of nitrogens with one attached hydrogen (secondary N) is 2.